The van der Waals surface area contributed by atoms with Gasteiger partial charge in [0.05, 0.1) is 17.8 Å². The number of aryl methyl sites for hydroxylation is 1. The lowest BCUT2D eigenvalue weighted by atomic mass is 10.0. The smallest absolute Gasteiger partial charge is 0.146 e. The summed E-state index contributed by atoms with van der Waals surface area (Å²) in [7, 11) is 0. The largest absolute Gasteiger partial charge is 0.372 e. The summed E-state index contributed by atoms with van der Waals surface area (Å²) in [4.78, 5) is 6.68. The van der Waals surface area contributed by atoms with E-state index in [-0.39, 0.29) is 5.60 Å². The van der Waals surface area contributed by atoms with E-state index in [4.69, 9.17) is 4.74 Å². The normalized spacial score (nSPS) is 23.8. The zero-order valence-electron chi connectivity index (χ0n) is 11.2. The van der Waals surface area contributed by atoms with Crippen molar-refractivity contribution in [3.05, 3.63) is 23.4 Å². The molecule has 4 nitrogen and oxygen atoms in total. The summed E-state index contributed by atoms with van der Waals surface area (Å²) in [5, 5.41) is 9.18. The van der Waals surface area contributed by atoms with Crippen molar-refractivity contribution in [2.45, 2.75) is 32.8 Å². The quantitative estimate of drug-likeness (QED) is 0.802. The standard InChI is InChI=1S/C14H19N3O/c1-4-14(3)10-17(7-8-18-14)13-12(9-15)6-5-11(2)16-13/h5-6H,4,7-8,10H2,1-3H3. The number of ether oxygens (including phenoxy) is 1. The van der Waals surface area contributed by atoms with Crippen LogP contribution in [0.5, 0.6) is 0 Å². The highest BCUT2D eigenvalue weighted by atomic mass is 16.5. The Morgan fingerprint density at radius 1 is 1.56 bits per heavy atom. The summed E-state index contributed by atoms with van der Waals surface area (Å²) >= 11 is 0. The van der Waals surface area contributed by atoms with Crippen molar-refractivity contribution in [2.75, 3.05) is 24.6 Å². The Balaban J connectivity index is 2.31. The molecule has 1 atom stereocenters. The van der Waals surface area contributed by atoms with Crippen molar-refractivity contribution in [2.24, 2.45) is 0 Å². The van der Waals surface area contributed by atoms with E-state index in [2.05, 4.69) is 29.8 Å². The van der Waals surface area contributed by atoms with Crippen LogP contribution in [-0.4, -0.2) is 30.3 Å². The fourth-order valence-electron chi connectivity index (χ4n) is 2.20. The molecule has 1 aliphatic rings. The summed E-state index contributed by atoms with van der Waals surface area (Å²) in [6.45, 7) is 8.45. The molecule has 0 spiro atoms. The van der Waals surface area contributed by atoms with Gasteiger partial charge in [-0.25, -0.2) is 4.98 Å². The second-order valence-corrected chi connectivity index (χ2v) is 5.01. The van der Waals surface area contributed by atoms with Crippen LogP contribution in [0.2, 0.25) is 0 Å². The van der Waals surface area contributed by atoms with Crippen molar-refractivity contribution in [1.82, 2.24) is 4.98 Å². The van der Waals surface area contributed by atoms with E-state index < -0.39 is 0 Å². The molecule has 1 aromatic heterocycles. The Morgan fingerprint density at radius 3 is 3.00 bits per heavy atom. The second-order valence-electron chi connectivity index (χ2n) is 5.01. The maximum atomic E-state index is 9.18. The third-order valence-electron chi connectivity index (χ3n) is 3.52. The van der Waals surface area contributed by atoms with Gasteiger partial charge in [-0.05, 0) is 32.4 Å². The average Bonchev–Trinajstić information content (AvgIpc) is 2.39. The van der Waals surface area contributed by atoms with E-state index in [1.165, 1.54) is 0 Å². The molecule has 1 fully saturated rings. The third-order valence-corrected chi connectivity index (χ3v) is 3.52. The van der Waals surface area contributed by atoms with Crippen LogP contribution in [0.15, 0.2) is 12.1 Å². The van der Waals surface area contributed by atoms with Crippen LogP contribution in [0.3, 0.4) is 0 Å². The Morgan fingerprint density at radius 2 is 2.33 bits per heavy atom. The van der Waals surface area contributed by atoms with Crippen molar-refractivity contribution in [3.63, 3.8) is 0 Å². The number of morpholine rings is 1. The molecule has 0 N–H and O–H groups in total. The molecule has 1 saturated heterocycles. The Hall–Kier alpha value is -1.60. The summed E-state index contributed by atoms with van der Waals surface area (Å²) in [6, 6.07) is 5.94. The van der Waals surface area contributed by atoms with Crippen LogP contribution in [0.25, 0.3) is 0 Å². The predicted octanol–water partition coefficient (Wildman–Crippen LogP) is 2.27. The van der Waals surface area contributed by atoms with Crippen LogP contribution in [0.4, 0.5) is 5.82 Å². The minimum absolute atomic E-state index is 0.142. The van der Waals surface area contributed by atoms with E-state index in [0.717, 1.165) is 31.0 Å². The first kappa shape index (κ1) is 12.8. The zero-order valence-corrected chi connectivity index (χ0v) is 11.2. The molecule has 1 unspecified atom stereocenters. The topological polar surface area (TPSA) is 49.2 Å². The highest BCUT2D eigenvalue weighted by Crippen LogP contribution is 2.26. The van der Waals surface area contributed by atoms with Crippen LogP contribution >= 0.6 is 0 Å². The summed E-state index contributed by atoms with van der Waals surface area (Å²) in [5.41, 5.74) is 1.44. The molecule has 96 valence electrons. The maximum absolute atomic E-state index is 9.18. The second kappa shape index (κ2) is 4.95. The number of nitriles is 1. The van der Waals surface area contributed by atoms with Gasteiger partial charge in [-0.2, -0.15) is 5.26 Å². The summed E-state index contributed by atoms with van der Waals surface area (Å²) in [5.74, 6) is 0.792. The van der Waals surface area contributed by atoms with Crippen LogP contribution in [0.1, 0.15) is 31.5 Å². The van der Waals surface area contributed by atoms with Gasteiger partial charge in [-0.3, -0.25) is 0 Å². The SMILES string of the molecule is CCC1(C)CN(c2nc(C)ccc2C#N)CCO1. The molecule has 1 aromatic rings. The van der Waals surface area contributed by atoms with Gasteiger partial charge < -0.3 is 9.64 Å². The monoisotopic (exact) mass is 245 g/mol. The van der Waals surface area contributed by atoms with Gasteiger partial charge in [0, 0.05) is 18.8 Å². The molecule has 4 heteroatoms. The van der Waals surface area contributed by atoms with Gasteiger partial charge in [0.25, 0.3) is 0 Å². The Labute approximate surface area is 108 Å². The average molecular weight is 245 g/mol. The summed E-state index contributed by atoms with van der Waals surface area (Å²) < 4.78 is 5.82. The molecule has 0 aromatic carbocycles. The fourth-order valence-corrected chi connectivity index (χ4v) is 2.20. The van der Waals surface area contributed by atoms with Crippen molar-refractivity contribution < 1.29 is 4.74 Å². The van der Waals surface area contributed by atoms with E-state index in [9.17, 15) is 5.26 Å². The first-order valence-corrected chi connectivity index (χ1v) is 6.34. The summed E-state index contributed by atoms with van der Waals surface area (Å²) in [6.07, 6.45) is 0.956. The maximum Gasteiger partial charge on any atom is 0.146 e. The van der Waals surface area contributed by atoms with E-state index in [1.54, 1.807) is 0 Å². The van der Waals surface area contributed by atoms with Crippen molar-refractivity contribution >= 4 is 5.82 Å². The van der Waals surface area contributed by atoms with Gasteiger partial charge >= 0.3 is 0 Å². The Bertz CT molecular complexity index is 480. The minimum Gasteiger partial charge on any atom is -0.372 e. The predicted molar refractivity (Wildman–Crippen MR) is 70.6 cm³/mol. The number of hydrogen-bond acceptors (Lipinski definition) is 4. The molecule has 2 heterocycles. The van der Waals surface area contributed by atoms with Gasteiger partial charge in [-0.1, -0.05) is 6.92 Å². The Kier molecular flexibility index (Phi) is 3.53. The van der Waals surface area contributed by atoms with Crippen LogP contribution < -0.4 is 4.90 Å². The molecule has 2 rings (SSSR count). The highest BCUT2D eigenvalue weighted by molar-refractivity contribution is 5.54. The number of pyridine rings is 1. The fraction of sp³-hybridized carbons (Fsp3) is 0.571. The van der Waals surface area contributed by atoms with Crippen LogP contribution in [-0.2, 0) is 4.74 Å². The zero-order chi connectivity index (χ0) is 13.2. The van der Waals surface area contributed by atoms with E-state index >= 15 is 0 Å². The molecule has 18 heavy (non-hydrogen) atoms. The number of nitrogens with zero attached hydrogens (tertiary/aromatic N) is 3. The lowest BCUT2D eigenvalue weighted by Crippen LogP contribution is -2.50. The third kappa shape index (κ3) is 2.46. The van der Waals surface area contributed by atoms with Gasteiger partial charge in [-0.15, -0.1) is 0 Å². The lowest BCUT2D eigenvalue weighted by molar-refractivity contribution is -0.0443. The molecular formula is C14H19N3O. The van der Waals surface area contributed by atoms with E-state index in [1.807, 2.05) is 19.1 Å². The lowest BCUT2D eigenvalue weighted by Gasteiger charge is -2.40. The number of rotatable bonds is 2. The van der Waals surface area contributed by atoms with Crippen LogP contribution in [0, 0.1) is 18.3 Å². The first-order valence-electron chi connectivity index (χ1n) is 6.34. The number of anilines is 1. The van der Waals surface area contributed by atoms with Gasteiger partial charge in [0.1, 0.15) is 11.9 Å². The molecule has 0 saturated carbocycles. The molecule has 0 aliphatic carbocycles. The first-order chi connectivity index (χ1) is 8.58. The number of aromatic nitrogens is 1. The minimum atomic E-state index is -0.142. The highest BCUT2D eigenvalue weighted by Gasteiger charge is 2.31. The van der Waals surface area contributed by atoms with Crippen molar-refractivity contribution in [1.29, 1.82) is 5.26 Å². The molecule has 0 radical (unpaired) electrons. The molecule has 0 amide bonds. The molecule has 0 bridgehead atoms. The molecular weight excluding hydrogens is 226 g/mol. The van der Waals surface area contributed by atoms with E-state index in [0.29, 0.717) is 12.2 Å². The van der Waals surface area contributed by atoms with Gasteiger partial charge in [0.15, 0.2) is 0 Å². The molecule has 1 aliphatic heterocycles. The number of hydrogen-bond donors (Lipinski definition) is 0. The van der Waals surface area contributed by atoms with Crippen molar-refractivity contribution in [3.8, 4) is 6.07 Å². The van der Waals surface area contributed by atoms with Gasteiger partial charge in [0.2, 0.25) is 0 Å².